The monoisotopic (exact) mass is 292 g/mol. The Labute approximate surface area is 124 Å². The van der Waals surface area contributed by atoms with E-state index in [1.165, 1.54) is 19.1 Å². The molecule has 0 heterocycles. The maximum absolute atomic E-state index is 11.9. The van der Waals surface area contributed by atoms with Crippen LogP contribution in [0.4, 0.5) is 0 Å². The zero-order valence-corrected chi connectivity index (χ0v) is 12.5. The first-order valence-electron chi connectivity index (χ1n) is 6.89. The number of esters is 2. The van der Waals surface area contributed by atoms with Crippen LogP contribution in [0.15, 0.2) is 24.3 Å². The van der Waals surface area contributed by atoms with Crippen LogP contribution in [0, 0.1) is 5.92 Å². The third-order valence-electron chi connectivity index (χ3n) is 2.81. The third kappa shape index (κ3) is 5.77. The lowest BCUT2D eigenvalue weighted by Crippen LogP contribution is -2.12. The molecule has 0 unspecified atom stereocenters. The van der Waals surface area contributed by atoms with E-state index in [0.717, 1.165) is 0 Å². The fourth-order valence-corrected chi connectivity index (χ4v) is 1.66. The number of ketones is 1. The molecular formula is C16H20O5. The SMILES string of the molecule is CC(=O)Oc1ccccc1C(=O)OCCCC(=O)C(C)C. The first kappa shape index (κ1) is 16.9. The second kappa shape index (κ2) is 8.19. The highest BCUT2D eigenvalue weighted by molar-refractivity contribution is 5.93. The number of ether oxygens (including phenoxy) is 2. The number of rotatable bonds is 7. The molecule has 0 saturated carbocycles. The molecule has 0 fully saturated rings. The highest BCUT2D eigenvalue weighted by atomic mass is 16.5. The molecule has 5 nitrogen and oxygen atoms in total. The normalized spacial score (nSPS) is 10.3. The van der Waals surface area contributed by atoms with Gasteiger partial charge in [0.1, 0.15) is 17.1 Å². The van der Waals surface area contributed by atoms with Crippen molar-refractivity contribution in [3.8, 4) is 5.75 Å². The Bertz CT molecular complexity index is 519. The van der Waals surface area contributed by atoms with Crippen LogP contribution in [0.3, 0.4) is 0 Å². The number of hydrogen-bond donors (Lipinski definition) is 0. The van der Waals surface area contributed by atoms with Crippen molar-refractivity contribution in [2.24, 2.45) is 5.92 Å². The molecule has 1 aromatic carbocycles. The zero-order chi connectivity index (χ0) is 15.8. The molecule has 0 atom stereocenters. The van der Waals surface area contributed by atoms with Crippen LogP contribution in [0.1, 0.15) is 44.0 Å². The number of carbonyl (C=O) groups is 3. The topological polar surface area (TPSA) is 69.7 Å². The van der Waals surface area contributed by atoms with E-state index in [1.807, 2.05) is 13.8 Å². The van der Waals surface area contributed by atoms with Crippen LogP contribution in [0.5, 0.6) is 5.75 Å². The van der Waals surface area contributed by atoms with Crippen LogP contribution in [-0.2, 0) is 14.3 Å². The van der Waals surface area contributed by atoms with Gasteiger partial charge in [0.05, 0.1) is 6.61 Å². The molecule has 5 heteroatoms. The van der Waals surface area contributed by atoms with Crippen LogP contribution >= 0.6 is 0 Å². The molecule has 0 aliphatic rings. The summed E-state index contributed by atoms with van der Waals surface area (Å²) in [6, 6.07) is 6.38. The quantitative estimate of drug-likeness (QED) is 0.439. The van der Waals surface area contributed by atoms with E-state index >= 15 is 0 Å². The second-order valence-corrected chi connectivity index (χ2v) is 4.95. The summed E-state index contributed by atoms with van der Waals surface area (Å²) >= 11 is 0. The first-order valence-corrected chi connectivity index (χ1v) is 6.89. The van der Waals surface area contributed by atoms with E-state index in [0.29, 0.717) is 12.8 Å². The van der Waals surface area contributed by atoms with Crippen molar-refractivity contribution in [3.63, 3.8) is 0 Å². The van der Waals surface area contributed by atoms with Crippen molar-refractivity contribution >= 4 is 17.7 Å². The van der Waals surface area contributed by atoms with Crippen LogP contribution in [-0.4, -0.2) is 24.3 Å². The molecule has 1 aromatic rings. The largest absolute Gasteiger partial charge is 0.462 e. The molecule has 0 radical (unpaired) electrons. The standard InChI is InChI=1S/C16H20O5/c1-11(2)14(18)8-6-10-20-16(19)13-7-4-5-9-15(13)21-12(3)17/h4-5,7,9,11H,6,8,10H2,1-3H3. The van der Waals surface area contributed by atoms with Gasteiger partial charge in [0.2, 0.25) is 0 Å². The average molecular weight is 292 g/mol. The smallest absolute Gasteiger partial charge is 0.341 e. The van der Waals surface area contributed by atoms with Gasteiger partial charge in [-0.15, -0.1) is 0 Å². The summed E-state index contributed by atoms with van der Waals surface area (Å²) in [7, 11) is 0. The summed E-state index contributed by atoms with van der Waals surface area (Å²) in [4.78, 5) is 34.3. The van der Waals surface area contributed by atoms with Crippen LogP contribution in [0.2, 0.25) is 0 Å². The number of carbonyl (C=O) groups excluding carboxylic acids is 3. The number of Topliss-reactive ketones (excluding diaryl/α,β-unsaturated/α-hetero) is 1. The van der Waals surface area contributed by atoms with Gasteiger partial charge in [0.25, 0.3) is 0 Å². The summed E-state index contributed by atoms with van der Waals surface area (Å²) in [6.07, 6.45) is 0.870. The minimum Gasteiger partial charge on any atom is -0.462 e. The van der Waals surface area contributed by atoms with E-state index in [2.05, 4.69) is 0 Å². The number of para-hydroxylation sites is 1. The van der Waals surface area contributed by atoms with Gasteiger partial charge in [-0.2, -0.15) is 0 Å². The molecule has 0 saturated heterocycles. The maximum Gasteiger partial charge on any atom is 0.341 e. The zero-order valence-electron chi connectivity index (χ0n) is 12.5. The van der Waals surface area contributed by atoms with Crippen molar-refractivity contribution in [3.05, 3.63) is 29.8 Å². The molecule has 0 spiro atoms. The van der Waals surface area contributed by atoms with Gasteiger partial charge in [0.15, 0.2) is 0 Å². The van der Waals surface area contributed by atoms with Gasteiger partial charge in [-0.3, -0.25) is 9.59 Å². The lowest BCUT2D eigenvalue weighted by molar-refractivity contribution is -0.132. The Morgan fingerprint density at radius 2 is 1.81 bits per heavy atom. The summed E-state index contributed by atoms with van der Waals surface area (Å²) < 4.78 is 10.0. The maximum atomic E-state index is 11.9. The van der Waals surface area contributed by atoms with Crippen molar-refractivity contribution in [2.45, 2.75) is 33.6 Å². The predicted octanol–water partition coefficient (Wildman–Crippen LogP) is 2.77. The molecule has 0 amide bonds. The van der Waals surface area contributed by atoms with E-state index in [-0.39, 0.29) is 29.6 Å². The van der Waals surface area contributed by atoms with Gasteiger partial charge < -0.3 is 9.47 Å². The lowest BCUT2D eigenvalue weighted by atomic mass is 10.1. The molecule has 0 N–H and O–H groups in total. The highest BCUT2D eigenvalue weighted by Crippen LogP contribution is 2.19. The van der Waals surface area contributed by atoms with Gasteiger partial charge in [-0.25, -0.2) is 4.79 Å². The molecule has 0 aliphatic carbocycles. The van der Waals surface area contributed by atoms with Crippen molar-refractivity contribution in [1.29, 1.82) is 0 Å². The minimum atomic E-state index is -0.566. The molecule has 0 aliphatic heterocycles. The molecule has 0 aromatic heterocycles. The van der Waals surface area contributed by atoms with Crippen molar-refractivity contribution in [2.75, 3.05) is 6.61 Å². The molecular weight excluding hydrogens is 272 g/mol. The Hall–Kier alpha value is -2.17. The van der Waals surface area contributed by atoms with Gasteiger partial charge in [0, 0.05) is 19.3 Å². The molecule has 114 valence electrons. The summed E-state index contributed by atoms with van der Waals surface area (Å²) in [5, 5.41) is 0. The fourth-order valence-electron chi connectivity index (χ4n) is 1.66. The Morgan fingerprint density at radius 3 is 2.43 bits per heavy atom. The van der Waals surface area contributed by atoms with E-state index in [4.69, 9.17) is 9.47 Å². The van der Waals surface area contributed by atoms with Crippen LogP contribution < -0.4 is 4.74 Å². The second-order valence-electron chi connectivity index (χ2n) is 4.95. The third-order valence-corrected chi connectivity index (χ3v) is 2.81. The predicted molar refractivity (Wildman–Crippen MR) is 77.1 cm³/mol. The van der Waals surface area contributed by atoms with E-state index < -0.39 is 11.9 Å². The fraction of sp³-hybridized carbons (Fsp3) is 0.438. The summed E-state index contributed by atoms with van der Waals surface area (Å²) in [6.45, 7) is 5.10. The first-order chi connectivity index (χ1) is 9.91. The van der Waals surface area contributed by atoms with Gasteiger partial charge in [-0.1, -0.05) is 26.0 Å². The number of benzene rings is 1. The Kier molecular flexibility index (Phi) is 6.59. The number of hydrogen-bond acceptors (Lipinski definition) is 5. The lowest BCUT2D eigenvalue weighted by Gasteiger charge is -2.09. The highest BCUT2D eigenvalue weighted by Gasteiger charge is 2.15. The Morgan fingerprint density at radius 1 is 1.14 bits per heavy atom. The average Bonchev–Trinajstić information content (AvgIpc) is 2.42. The molecule has 1 rings (SSSR count). The van der Waals surface area contributed by atoms with E-state index in [9.17, 15) is 14.4 Å². The molecule has 0 bridgehead atoms. The van der Waals surface area contributed by atoms with E-state index in [1.54, 1.807) is 12.1 Å². The summed E-state index contributed by atoms with van der Waals surface area (Å²) in [5.74, 6) is -0.758. The molecule has 21 heavy (non-hydrogen) atoms. The summed E-state index contributed by atoms with van der Waals surface area (Å²) in [5.41, 5.74) is 0.197. The Balaban J connectivity index is 2.52. The van der Waals surface area contributed by atoms with Crippen molar-refractivity contribution in [1.82, 2.24) is 0 Å². The van der Waals surface area contributed by atoms with Gasteiger partial charge >= 0.3 is 11.9 Å². The minimum absolute atomic E-state index is 0.00889. The van der Waals surface area contributed by atoms with Crippen molar-refractivity contribution < 1.29 is 23.9 Å². The van der Waals surface area contributed by atoms with Crippen LogP contribution in [0.25, 0.3) is 0 Å². The van der Waals surface area contributed by atoms with Gasteiger partial charge in [-0.05, 0) is 18.6 Å².